The quantitative estimate of drug-likeness (QED) is 0.785. The van der Waals surface area contributed by atoms with E-state index in [1.54, 1.807) is 12.1 Å². The molecule has 15 heavy (non-hydrogen) atoms. The van der Waals surface area contributed by atoms with Crippen LogP contribution >= 0.6 is 34.8 Å². The molecular weight excluding hydrogens is 254 g/mol. The molecule has 0 aliphatic heterocycles. The van der Waals surface area contributed by atoms with E-state index in [1.807, 2.05) is 13.8 Å². The van der Waals surface area contributed by atoms with Crippen molar-refractivity contribution in [2.45, 2.75) is 26.4 Å². The van der Waals surface area contributed by atoms with E-state index in [9.17, 15) is 5.11 Å². The molecule has 0 spiro atoms. The summed E-state index contributed by atoms with van der Waals surface area (Å²) in [4.78, 5) is 0. The van der Waals surface area contributed by atoms with E-state index in [0.29, 0.717) is 33.0 Å². The molecule has 0 amide bonds. The summed E-state index contributed by atoms with van der Waals surface area (Å²) in [6, 6.07) is 3.27. The number of hydrogen-bond acceptors (Lipinski definition) is 1. The minimum absolute atomic E-state index is 0.345. The average Bonchev–Trinajstić information content (AvgIpc) is 2.11. The van der Waals surface area contributed by atoms with Crippen molar-refractivity contribution in [3.63, 3.8) is 0 Å². The first-order valence-corrected chi connectivity index (χ1v) is 5.88. The first kappa shape index (κ1) is 13.1. The number of rotatable bonds is 3. The molecule has 1 aromatic carbocycles. The Hall–Kier alpha value is 0.0500. The predicted octanol–water partition coefficient (Wildman–Crippen LogP) is 4.73. The van der Waals surface area contributed by atoms with Crippen LogP contribution in [0.3, 0.4) is 0 Å². The molecule has 0 aliphatic rings. The highest BCUT2D eigenvalue weighted by Gasteiger charge is 2.18. The van der Waals surface area contributed by atoms with Crippen LogP contribution < -0.4 is 0 Å². The zero-order chi connectivity index (χ0) is 11.6. The number of hydrogen-bond donors (Lipinski definition) is 1. The van der Waals surface area contributed by atoms with Gasteiger partial charge >= 0.3 is 0 Å². The third kappa shape index (κ3) is 3.25. The number of aliphatic hydroxyl groups excluding tert-OH is 1. The third-order valence-electron chi connectivity index (χ3n) is 2.11. The van der Waals surface area contributed by atoms with Gasteiger partial charge in [0.2, 0.25) is 0 Å². The first-order valence-electron chi connectivity index (χ1n) is 4.75. The van der Waals surface area contributed by atoms with Crippen molar-refractivity contribution in [1.82, 2.24) is 0 Å². The fourth-order valence-electron chi connectivity index (χ4n) is 1.41. The average molecular weight is 268 g/mol. The van der Waals surface area contributed by atoms with Crippen molar-refractivity contribution in [1.29, 1.82) is 0 Å². The van der Waals surface area contributed by atoms with Gasteiger partial charge in [-0.25, -0.2) is 0 Å². The summed E-state index contributed by atoms with van der Waals surface area (Å²) >= 11 is 17.8. The Morgan fingerprint density at radius 2 is 1.67 bits per heavy atom. The van der Waals surface area contributed by atoms with Crippen molar-refractivity contribution >= 4 is 34.8 Å². The standard InChI is InChI=1S/C11H13Cl3O/c1-6(2)5-9(15)10-7(12)3-4-8(13)11(10)14/h3-4,6,9,15H,5H2,1-2H3. The lowest BCUT2D eigenvalue weighted by molar-refractivity contribution is 0.151. The molecule has 0 heterocycles. The number of aliphatic hydroxyl groups is 1. The summed E-state index contributed by atoms with van der Waals surface area (Å²) in [5.41, 5.74) is 0.527. The molecule has 84 valence electrons. The van der Waals surface area contributed by atoms with Gasteiger partial charge in [-0.3, -0.25) is 0 Å². The Kier molecular flexibility index (Phi) is 4.72. The van der Waals surface area contributed by atoms with Gasteiger partial charge in [0, 0.05) is 10.6 Å². The van der Waals surface area contributed by atoms with Gasteiger partial charge in [0.05, 0.1) is 16.1 Å². The molecule has 1 rings (SSSR count). The topological polar surface area (TPSA) is 20.2 Å². The molecule has 0 bridgehead atoms. The fraction of sp³-hybridized carbons (Fsp3) is 0.455. The molecule has 0 aromatic heterocycles. The van der Waals surface area contributed by atoms with E-state index < -0.39 is 6.10 Å². The van der Waals surface area contributed by atoms with Crippen LogP contribution in [0.25, 0.3) is 0 Å². The van der Waals surface area contributed by atoms with Gasteiger partial charge in [0.25, 0.3) is 0 Å². The molecule has 1 atom stereocenters. The second-order valence-electron chi connectivity index (χ2n) is 3.90. The van der Waals surface area contributed by atoms with Crippen molar-refractivity contribution in [2.75, 3.05) is 0 Å². The fourth-order valence-corrected chi connectivity index (χ4v) is 2.20. The highest BCUT2D eigenvalue weighted by Crippen LogP contribution is 2.37. The Morgan fingerprint density at radius 1 is 1.13 bits per heavy atom. The Balaban J connectivity index is 3.07. The van der Waals surface area contributed by atoms with Crippen LogP contribution in [0.5, 0.6) is 0 Å². The van der Waals surface area contributed by atoms with Crippen LogP contribution in [0.1, 0.15) is 31.9 Å². The van der Waals surface area contributed by atoms with Crippen molar-refractivity contribution in [3.8, 4) is 0 Å². The summed E-state index contributed by atoms with van der Waals surface area (Å²) < 4.78 is 0. The maximum atomic E-state index is 9.95. The van der Waals surface area contributed by atoms with E-state index in [1.165, 1.54) is 0 Å². The molecule has 1 aromatic rings. The van der Waals surface area contributed by atoms with Crippen LogP contribution in [0.2, 0.25) is 15.1 Å². The van der Waals surface area contributed by atoms with Crippen molar-refractivity contribution in [3.05, 3.63) is 32.8 Å². The molecule has 0 radical (unpaired) electrons. The summed E-state index contributed by atoms with van der Waals surface area (Å²) in [5.74, 6) is 0.367. The molecule has 1 nitrogen and oxygen atoms in total. The molecule has 0 fully saturated rings. The maximum absolute atomic E-state index is 9.95. The minimum atomic E-state index is -0.663. The minimum Gasteiger partial charge on any atom is -0.388 e. The normalized spacial score (nSPS) is 13.3. The van der Waals surface area contributed by atoms with E-state index in [0.717, 1.165) is 0 Å². The Bertz CT molecular complexity index is 350. The molecule has 0 saturated heterocycles. The smallest absolute Gasteiger partial charge is 0.0822 e. The largest absolute Gasteiger partial charge is 0.388 e. The van der Waals surface area contributed by atoms with Gasteiger partial charge in [0.15, 0.2) is 0 Å². The molecule has 4 heteroatoms. The number of halogens is 3. The van der Waals surface area contributed by atoms with Crippen LogP contribution in [0.4, 0.5) is 0 Å². The predicted molar refractivity (Wildman–Crippen MR) is 65.9 cm³/mol. The molecular formula is C11H13Cl3O. The second kappa shape index (κ2) is 5.40. The van der Waals surface area contributed by atoms with Crippen molar-refractivity contribution in [2.24, 2.45) is 5.92 Å². The van der Waals surface area contributed by atoms with Gasteiger partial charge in [-0.1, -0.05) is 48.7 Å². The third-order valence-corrected chi connectivity index (χ3v) is 3.26. The summed E-state index contributed by atoms with van der Waals surface area (Å²) in [6.45, 7) is 4.05. The zero-order valence-corrected chi connectivity index (χ0v) is 10.9. The van der Waals surface area contributed by atoms with E-state index >= 15 is 0 Å². The highest BCUT2D eigenvalue weighted by molar-refractivity contribution is 6.44. The van der Waals surface area contributed by atoms with Gasteiger partial charge in [0.1, 0.15) is 0 Å². The lowest BCUT2D eigenvalue weighted by Crippen LogP contribution is -2.03. The summed E-state index contributed by atoms with van der Waals surface area (Å²) in [5, 5.41) is 11.2. The number of benzene rings is 1. The van der Waals surface area contributed by atoms with Crippen LogP contribution in [0, 0.1) is 5.92 Å². The molecule has 1 N–H and O–H groups in total. The molecule has 0 saturated carbocycles. The molecule has 0 aliphatic carbocycles. The summed E-state index contributed by atoms with van der Waals surface area (Å²) in [6.07, 6.45) is -0.0523. The van der Waals surface area contributed by atoms with E-state index in [4.69, 9.17) is 34.8 Å². The lowest BCUT2D eigenvalue weighted by atomic mass is 9.99. The Labute approximate surface area is 105 Å². The van der Waals surface area contributed by atoms with Gasteiger partial charge < -0.3 is 5.11 Å². The van der Waals surface area contributed by atoms with Crippen LogP contribution in [-0.2, 0) is 0 Å². The van der Waals surface area contributed by atoms with Crippen LogP contribution in [0.15, 0.2) is 12.1 Å². The van der Waals surface area contributed by atoms with E-state index in [2.05, 4.69) is 0 Å². The van der Waals surface area contributed by atoms with E-state index in [-0.39, 0.29) is 0 Å². The first-order chi connectivity index (χ1) is 6.93. The maximum Gasteiger partial charge on any atom is 0.0822 e. The van der Waals surface area contributed by atoms with Crippen LogP contribution in [-0.4, -0.2) is 5.11 Å². The highest BCUT2D eigenvalue weighted by atomic mass is 35.5. The lowest BCUT2D eigenvalue weighted by Gasteiger charge is -2.16. The second-order valence-corrected chi connectivity index (χ2v) is 5.09. The van der Waals surface area contributed by atoms with Crippen molar-refractivity contribution < 1.29 is 5.11 Å². The summed E-state index contributed by atoms with van der Waals surface area (Å²) in [7, 11) is 0. The van der Waals surface area contributed by atoms with Gasteiger partial charge in [-0.2, -0.15) is 0 Å². The Morgan fingerprint density at radius 3 is 2.20 bits per heavy atom. The van der Waals surface area contributed by atoms with Gasteiger partial charge in [-0.15, -0.1) is 0 Å². The SMILES string of the molecule is CC(C)CC(O)c1c(Cl)ccc(Cl)c1Cl. The monoisotopic (exact) mass is 266 g/mol. The van der Waals surface area contributed by atoms with Gasteiger partial charge in [-0.05, 0) is 24.5 Å². The zero-order valence-electron chi connectivity index (χ0n) is 8.60. The molecule has 1 unspecified atom stereocenters.